The van der Waals surface area contributed by atoms with Crippen molar-refractivity contribution >= 4 is 29.0 Å². The summed E-state index contributed by atoms with van der Waals surface area (Å²) >= 11 is 5.19. The van der Waals surface area contributed by atoms with Crippen LogP contribution in [0.1, 0.15) is 49.9 Å². The highest BCUT2D eigenvalue weighted by atomic mass is 32.1. The second-order valence-corrected chi connectivity index (χ2v) is 5.21. The molecule has 5 heteroatoms. The van der Waals surface area contributed by atoms with Gasteiger partial charge in [0, 0.05) is 12.2 Å². The minimum absolute atomic E-state index is 0.279. The molecular weight excluding hydrogens is 284 g/mol. The lowest BCUT2D eigenvalue weighted by atomic mass is 10.2. The lowest BCUT2D eigenvalue weighted by molar-refractivity contribution is 0.0500. The molecule has 1 aromatic carbocycles. The zero-order valence-corrected chi connectivity index (χ0v) is 13.6. The van der Waals surface area contributed by atoms with Gasteiger partial charge in [0.15, 0.2) is 5.11 Å². The van der Waals surface area contributed by atoms with Gasteiger partial charge in [0.2, 0.25) is 0 Å². The Morgan fingerprint density at radius 1 is 1.14 bits per heavy atom. The number of esters is 1. The van der Waals surface area contributed by atoms with Crippen LogP contribution >= 0.6 is 12.2 Å². The van der Waals surface area contributed by atoms with E-state index in [0.29, 0.717) is 17.3 Å². The summed E-state index contributed by atoms with van der Waals surface area (Å²) in [5.41, 5.74) is 1.41. The second kappa shape index (κ2) is 10.2. The van der Waals surface area contributed by atoms with Gasteiger partial charge in [0.1, 0.15) is 0 Å². The van der Waals surface area contributed by atoms with E-state index in [1.807, 2.05) is 12.1 Å². The zero-order valence-electron chi connectivity index (χ0n) is 12.8. The SMILES string of the molecule is CCCCNC(=S)Nc1ccc(C(=O)OCCCC)cc1. The van der Waals surface area contributed by atoms with Crippen molar-refractivity contribution in [1.29, 1.82) is 0 Å². The van der Waals surface area contributed by atoms with Gasteiger partial charge in [-0.25, -0.2) is 4.79 Å². The van der Waals surface area contributed by atoms with Crippen LogP contribution in [0.4, 0.5) is 5.69 Å². The summed E-state index contributed by atoms with van der Waals surface area (Å²) in [5, 5.41) is 6.82. The molecule has 1 aromatic rings. The zero-order chi connectivity index (χ0) is 15.5. The molecular formula is C16H24N2O2S. The van der Waals surface area contributed by atoms with Crippen LogP contribution in [-0.2, 0) is 4.74 Å². The van der Waals surface area contributed by atoms with E-state index >= 15 is 0 Å². The van der Waals surface area contributed by atoms with E-state index in [-0.39, 0.29) is 5.97 Å². The van der Waals surface area contributed by atoms with E-state index in [1.54, 1.807) is 12.1 Å². The van der Waals surface area contributed by atoms with Crippen LogP contribution in [0, 0.1) is 0 Å². The first-order valence-electron chi connectivity index (χ1n) is 7.49. The predicted molar refractivity (Wildman–Crippen MR) is 90.8 cm³/mol. The van der Waals surface area contributed by atoms with Gasteiger partial charge in [-0.1, -0.05) is 26.7 Å². The van der Waals surface area contributed by atoms with Crippen LogP contribution in [-0.4, -0.2) is 24.2 Å². The first kappa shape index (κ1) is 17.4. The van der Waals surface area contributed by atoms with E-state index in [9.17, 15) is 4.79 Å². The Morgan fingerprint density at radius 2 is 1.81 bits per heavy atom. The molecule has 0 unspecified atom stereocenters. The van der Waals surface area contributed by atoms with Crippen molar-refractivity contribution in [3.8, 4) is 0 Å². The monoisotopic (exact) mass is 308 g/mol. The number of hydrogen-bond acceptors (Lipinski definition) is 3. The molecule has 21 heavy (non-hydrogen) atoms. The van der Waals surface area contributed by atoms with Crippen molar-refractivity contribution in [2.45, 2.75) is 39.5 Å². The van der Waals surface area contributed by atoms with Crippen molar-refractivity contribution in [2.24, 2.45) is 0 Å². The molecule has 0 radical (unpaired) electrons. The fraction of sp³-hybridized carbons (Fsp3) is 0.500. The van der Waals surface area contributed by atoms with Gasteiger partial charge in [-0.15, -0.1) is 0 Å². The minimum Gasteiger partial charge on any atom is -0.462 e. The van der Waals surface area contributed by atoms with Gasteiger partial charge in [0.05, 0.1) is 12.2 Å². The van der Waals surface area contributed by atoms with Gasteiger partial charge in [-0.3, -0.25) is 0 Å². The first-order valence-corrected chi connectivity index (χ1v) is 7.90. The lowest BCUT2D eigenvalue weighted by Crippen LogP contribution is -2.29. The third-order valence-electron chi connectivity index (χ3n) is 2.93. The Balaban J connectivity index is 2.42. The highest BCUT2D eigenvalue weighted by Gasteiger charge is 2.06. The molecule has 116 valence electrons. The summed E-state index contributed by atoms with van der Waals surface area (Å²) in [6, 6.07) is 7.13. The molecule has 0 aliphatic carbocycles. The Labute approximate surface area is 132 Å². The topological polar surface area (TPSA) is 50.4 Å². The number of nitrogens with one attached hydrogen (secondary N) is 2. The molecule has 0 aliphatic heterocycles. The van der Waals surface area contributed by atoms with E-state index in [1.165, 1.54) is 0 Å². The molecule has 0 bridgehead atoms. The normalized spacial score (nSPS) is 10.0. The first-order chi connectivity index (χ1) is 10.2. The van der Waals surface area contributed by atoms with Gasteiger partial charge in [0.25, 0.3) is 0 Å². The molecule has 1 rings (SSSR count). The Bertz CT molecular complexity index is 446. The predicted octanol–water partition coefficient (Wildman–Crippen LogP) is 3.73. The molecule has 0 spiro atoms. The van der Waals surface area contributed by atoms with E-state index in [0.717, 1.165) is 37.9 Å². The number of anilines is 1. The highest BCUT2D eigenvalue weighted by molar-refractivity contribution is 7.80. The van der Waals surface area contributed by atoms with Crippen LogP contribution in [0.2, 0.25) is 0 Å². The number of carbonyl (C=O) groups excluding carboxylic acids is 1. The molecule has 0 saturated carbocycles. The van der Waals surface area contributed by atoms with Gasteiger partial charge in [-0.05, 0) is 49.3 Å². The molecule has 0 amide bonds. The van der Waals surface area contributed by atoms with Crippen LogP contribution in [0.15, 0.2) is 24.3 Å². The quantitative estimate of drug-likeness (QED) is 0.435. The lowest BCUT2D eigenvalue weighted by Gasteiger charge is -2.10. The smallest absolute Gasteiger partial charge is 0.338 e. The van der Waals surface area contributed by atoms with Crippen LogP contribution in [0.3, 0.4) is 0 Å². The molecule has 0 heterocycles. The average molecular weight is 308 g/mol. The largest absolute Gasteiger partial charge is 0.462 e. The maximum absolute atomic E-state index is 11.7. The van der Waals surface area contributed by atoms with Crippen molar-refractivity contribution in [2.75, 3.05) is 18.5 Å². The van der Waals surface area contributed by atoms with Crippen molar-refractivity contribution in [1.82, 2.24) is 5.32 Å². The molecule has 0 fully saturated rings. The number of thiocarbonyl (C=S) groups is 1. The summed E-state index contributed by atoms with van der Waals surface area (Å²) < 4.78 is 5.16. The third kappa shape index (κ3) is 7.09. The summed E-state index contributed by atoms with van der Waals surface area (Å²) in [7, 11) is 0. The average Bonchev–Trinajstić information content (AvgIpc) is 2.48. The summed E-state index contributed by atoms with van der Waals surface area (Å²) in [4.78, 5) is 11.7. The highest BCUT2D eigenvalue weighted by Crippen LogP contribution is 2.10. The summed E-state index contributed by atoms with van der Waals surface area (Å²) in [6.45, 7) is 5.53. The van der Waals surface area contributed by atoms with Gasteiger partial charge < -0.3 is 15.4 Å². The standard InChI is InChI=1S/C16H24N2O2S/c1-3-5-11-17-16(21)18-14-9-7-13(8-10-14)15(19)20-12-6-4-2/h7-10H,3-6,11-12H2,1-2H3,(H2,17,18,21). The molecule has 0 saturated heterocycles. The van der Waals surface area contributed by atoms with Gasteiger partial charge in [-0.2, -0.15) is 0 Å². The van der Waals surface area contributed by atoms with Crippen molar-refractivity contribution in [3.05, 3.63) is 29.8 Å². The third-order valence-corrected chi connectivity index (χ3v) is 3.17. The number of ether oxygens (including phenoxy) is 1. The molecule has 0 aliphatic rings. The van der Waals surface area contributed by atoms with E-state index in [4.69, 9.17) is 17.0 Å². The Hall–Kier alpha value is -1.62. The molecule has 2 N–H and O–H groups in total. The van der Waals surface area contributed by atoms with Crippen molar-refractivity contribution < 1.29 is 9.53 Å². The fourth-order valence-electron chi connectivity index (χ4n) is 1.64. The number of carbonyl (C=O) groups is 1. The molecule has 0 aromatic heterocycles. The Morgan fingerprint density at radius 3 is 2.43 bits per heavy atom. The number of hydrogen-bond donors (Lipinski definition) is 2. The number of benzene rings is 1. The van der Waals surface area contributed by atoms with Crippen LogP contribution in [0.25, 0.3) is 0 Å². The van der Waals surface area contributed by atoms with Crippen molar-refractivity contribution in [3.63, 3.8) is 0 Å². The second-order valence-electron chi connectivity index (χ2n) is 4.80. The molecule has 0 atom stereocenters. The van der Waals surface area contributed by atoms with E-state index in [2.05, 4.69) is 24.5 Å². The van der Waals surface area contributed by atoms with Gasteiger partial charge >= 0.3 is 5.97 Å². The number of rotatable bonds is 8. The number of unbranched alkanes of at least 4 members (excludes halogenated alkanes) is 2. The maximum Gasteiger partial charge on any atom is 0.338 e. The molecule has 4 nitrogen and oxygen atoms in total. The van der Waals surface area contributed by atoms with E-state index < -0.39 is 0 Å². The Kier molecular flexibility index (Phi) is 8.43. The van der Waals surface area contributed by atoms with Crippen LogP contribution < -0.4 is 10.6 Å². The maximum atomic E-state index is 11.7. The fourth-order valence-corrected chi connectivity index (χ4v) is 1.86. The summed E-state index contributed by atoms with van der Waals surface area (Å²) in [5.74, 6) is -0.279. The summed E-state index contributed by atoms with van der Waals surface area (Å²) in [6.07, 6.45) is 4.12. The van der Waals surface area contributed by atoms with Crippen LogP contribution in [0.5, 0.6) is 0 Å². The minimum atomic E-state index is -0.279.